The smallest absolute Gasteiger partial charge is 0.256 e. The average Bonchev–Trinajstić information content (AvgIpc) is 2.78. The molecule has 0 aliphatic carbocycles. The van der Waals surface area contributed by atoms with E-state index in [0.29, 0.717) is 40.8 Å². The third-order valence-corrected chi connectivity index (χ3v) is 6.19. The van der Waals surface area contributed by atoms with E-state index in [1.165, 1.54) is 5.56 Å². The highest BCUT2D eigenvalue weighted by Gasteiger charge is 2.20. The molecule has 0 radical (unpaired) electrons. The third kappa shape index (κ3) is 6.02. The first-order valence-electron chi connectivity index (χ1n) is 10.6. The molecule has 3 aromatic rings. The van der Waals surface area contributed by atoms with Crippen LogP contribution in [0.4, 0.5) is 5.69 Å². The minimum absolute atomic E-state index is 0.0447. The number of halogens is 2. The molecule has 4 nitrogen and oxygen atoms in total. The molecule has 0 atom stereocenters. The first-order chi connectivity index (χ1) is 15.2. The molecule has 32 heavy (non-hydrogen) atoms. The molecular formula is C26H29Cl2N3O. The van der Waals surface area contributed by atoms with Gasteiger partial charge in [0.2, 0.25) is 0 Å². The predicted molar refractivity (Wildman–Crippen MR) is 134 cm³/mol. The molecule has 168 valence electrons. The Bertz CT molecular complexity index is 1080. The minimum atomic E-state index is -0.0447. The number of benzene rings is 2. The Balaban J connectivity index is 1.86. The molecule has 0 saturated carbocycles. The molecule has 0 spiro atoms. The summed E-state index contributed by atoms with van der Waals surface area (Å²) in [5.74, 6) is -0.0447. The van der Waals surface area contributed by atoms with Gasteiger partial charge in [0, 0.05) is 26.3 Å². The lowest BCUT2D eigenvalue weighted by Crippen LogP contribution is -2.33. The zero-order valence-electron chi connectivity index (χ0n) is 19.0. The van der Waals surface area contributed by atoms with E-state index in [1.54, 1.807) is 31.6 Å². The molecule has 2 aromatic carbocycles. The normalized spacial score (nSPS) is 11.3. The van der Waals surface area contributed by atoms with Gasteiger partial charge in [0.25, 0.3) is 5.91 Å². The maximum atomic E-state index is 13.5. The highest BCUT2D eigenvalue weighted by Crippen LogP contribution is 2.25. The molecule has 1 heterocycles. The summed E-state index contributed by atoms with van der Waals surface area (Å²) in [4.78, 5) is 19.5. The van der Waals surface area contributed by atoms with Crippen molar-refractivity contribution >= 4 is 34.8 Å². The second-order valence-corrected chi connectivity index (χ2v) is 9.66. The summed E-state index contributed by atoms with van der Waals surface area (Å²) in [6.45, 7) is 7.63. The number of carbonyl (C=O) groups is 1. The molecule has 0 bridgehead atoms. The molecule has 0 fully saturated rings. The third-order valence-electron chi connectivity index (χ3n) is 5.46. The van der Waals surface area contributed by atoms with Crippen molar-refractivity contribution in [1.29, 1.82) is 0 Å². The van der Waals surface area contributed by atoms with Crippen molar-refractivity contribution in [2.75, 3.05) is 18.9 Å². The van der Waals surface area contributed by atoms with E-state index >= 15 is 0 Å². The van der Waals surface area contributed by atoms with E-state index in [1.807, 2.05) is 17.0 Å². The monoisotopic (exact) mass is 469 g/mol. The van der Waals surface area contributed by atoms with Gasteiger partial charge in [-0.05, 0) is 46.7 Å². The summed E-state index contributed by atoms with van der Waals surface area (Å²) in [6, 6.07) is 15.8. The Morgan fingerprint density at radius 1 is 1.00 bits per heavy atom. The van der Waals surface area contributed by atoms with E-state index in [0.717, 1.165) is 11.1 Å². The average molecular weight is 470 g/mol. The van der Waals surface area contributed by atoms with E-state index in [4.69, 9.17) is 23.2 Å². The number of nitrogens with zero attached hydrogens (tertiary/aromatic N) is 2. The van der Waals surface area contributed by atoms with Crippen molar-refractivity contribution in [2.45, 2.75) is 39.2 Å². The van der Waals surface area contributed by atoms with Crippen molar-refractivity contribution in [2.24, 2.45) is 0 Å². The molecule has 0 aliphatic rings. The van der Waals surface area contributed by atoms with Crippen LogP contribution < -0.4 is 5.32 Å². The summed E-state index contributed by atoms with van der Waals surface area (Å²) in [5, 5.41) is 4.11. The fourth-order valence-electron chi connectivity index (χ4n) is 3.49. The number of anilines is 1. The Labute approximate surface area is 200 Å². The Hall–Kier alpha value is -2.56. The molecule has 1 amide bonds. The van der Waals surface area contributed by atoms with E-state index in [9.17, 15) is 4.79 Å². The molecule has 0 aliphatic heterocycles. The first kappa shape index (κ1) is 24.1. The van der Waals surface area contributed by atoms with Gasteiger partial charge in [-0.25, -0.2) is 0 Å². The van der Waals surface area contributed by atoms with Crippen LogP contribution in [-0.2, 0) is 18.4 Å². The van der Waals surface area contributed by atoms with Crippen LogP contribution in [0, 0.1) is 0 Å². The van der Waals surface area contributed by atoms with Crippen LogP contribution in [0.25, 0.3) is 0 Å². The quantitative estimate of drug-likeness (QED) is 0.423. The Kier molecular flexibility index (Phi) is 7.81. The van der Waals surface area contributed by atoms with Crippen LogP contribution in [-0.4, -0.2) is 29.4 Å². The van der Waals surface area contributed by atoms with Gasteiger partial charge >= 0.3 is 0 Å². The van der Waals surface area contributed by atoms with E-state index in [-0.39, 0.29) is 11.3 Å². The lowest BCUT2D eigenvalue weighted by molar-refractivity contribution is 0.0746. The van der Waals surface area contributed by atoms with Crippen LogP contribution in [0.2, 0.25) is 10.0 Å². The molecule has 1 N–H and O–H groups in total. The van der Waals surface area contributed by atoms with Crippen molar-refractivity contribution in [3.8, 4) is 0 Å². The van der Waals surface area contributed by atoms with Gasteiger partial charge in [-0.15, -0.1) is 0 Å². The standard InChI is InChI=1S/C26H29Cl2N3O/c1-26(2,3)20-8-5-19(6-9-20)17-31(14-12-18-7-10-22(27)23(28)15-18)25(32)21-11-13-30-16-24(21)29-4/h5-11,13,15-16,29H,12,14,17H2,1-4H3. The van der Waals surface area contributed by atoms with Gasteiger partial charge in [-0.3, -0.25) is 9.78 Å². The fourth-order valence-corrected chi connectivity index (χ4v) is 3.81. The molecular weight excluding hydrogens is 441 g/mol. The molecule has 3 rings (SSSR count). The van der Waals surface area contributed by atoms with Crippen LogP contribution in [0.5, 0.6) is 0 Å². The number of pyridine rings is 1. The Morgan fingerprint density at radius 2 is 1.69 bits per heavy atom. The van der Waals surface area contributed by atoms with Crippen molar-refractivity contribution in [1.82, 2.24) is 9.88 Å². The number of nitrogens with one attached hydrogen (secondary N) is 1. The summed E-state index contributed by atoms with van der Waals surface area (Å²) < 4.78 is 0. The second kappa shape index (κ2) is 10.4. The number of rotatable bonds is 7. The molecule has 1 aromatic heterocycles. The van der Waals surface area contributed by atoms with Crippen molar-refractivity contribution in [3.63, 3.8) is 0 Å². The number of hydrogen-bond donors (Lipinski definition) is 1. The second-order valence-electron chi connectivity index (χ2n) is 8.84. The minimum Gasteiger partial charge on any atom is -0.386 e. The highest BCUT2D eigenvalue weighted by molar-refractivity contribution is 6.42. The highest BCUT2D eigenvalue weighted by atomic mass is 35.5. The van der Waals surface area contributed by atoms with Crippen LogP contribution in [0.1, 0.15) is 47.8 Å². The topological polar surface area (TPSA) is 45.2 Å². The fraction of sp³-hybridized carbons (Fsp3) is 0.308. The van der Waals surface area contributed by atoms with Gasteiger partial charge < -0.3 is 10.2 Å². The SMILES string of the molecule is CNc1cnccc1C(=O)N(CCc1ccc(Cl)c(Cl)c1)Cc1ccc(C(C)(C)C)cc1. The van der Waals surface area contributed by atoms with Crippen LogP contribution >= 0.6 is 23.2 Å². The number of amides is 1. The maximum Gasteiger partial charge on any atom is 0.256 e. The Morgan fingerprint density at radius 3 is 2.31 bits per heavy atom. The van der Waals surface area contributed by atoms with Gasteiger partial charge in [0.1, 0.15) is 0 Å². The number of aromatic nitrogens is 1. The summed E-state index contributed by atoms with van der Waals surface area (Å²) in [7, 11) is 1.79. The maximum absolute atomic E-state index is 13.5. The first-order valence-corrected chi connectivity index (χ1v) is 11.4. The largest absolute Gasteiger partial charge is 0.386 e. The van der Waals surface area contributed by atoms with Crippen LogP contribution in [0.3, 0.4) is 0 Å². The van der Waals surface area contributed by atoms with Crippen LogP contribution in [0.15, 0.2) is 60.9 Å². The van der Waals surface area contributed by atoms with Crippen molar-refractivity contribution < 1.29 is 4.79 Å². The van der Waals surface area contributed by atoms with Gasteiger partial charge in [0.15, 0.2) is 0 Å². The van der Waals surface area contributed by atoms with E-state index < -0.39 is 0 Å². The zero-order valence-corrected chi connectivity index (χ0v) is 20.5. The molecule has 6 heteroatoms. The summed E-state index contributed by atoms with van der Waals surface area (Å²) >= 11 is 12.2. The van der Waals surface area contributed by atoms with Crippen molar-refractivity contribution in [3.05, 3.63) is 93.2 Å². The summed E-state index contributed by atoms with van der Waals surface area (Å²) in [5.41, 5.74) is 4.77. The van der Waals surface area contributed by atoms with Gasteiger partial charge in [-0.2, -0.15) is 0 Å². The molecule has 0 unspecified atom stereocenters. The zero-order chi connectivity index (χ0) is 23.3. The molecule has 0 saturated heterocycles. The lowest BCUT2D eigenvalue weighted by atomic mass is 9.87. The van der Waals surface area contributed by atoms with Gasteiger partial charge in [-0.1, -0.05) is 74.3 Å². The predicted octanol–water partition coefficient (Wildman–Crippen LogP) is 6.61. The summed E-state index contributed by atoms with van der Waals surface area (Å²) in [6.07, 6.45) is 3.98. The van der Waals surface area contributed by atoms with Gasteiger partial charge in [0.05, 0.1) is 27.5 Å². The lowest BCUT2D eigenvalue weighted by Gasteiger charge is -2.25. The number of hydrogen-bond acceptors (Lipinski definition) is 3. The van der Waals surface area contributed by atoms with E-state index in [2.05, 4.69) is 55.3 Å². The number of carbonyl (C=O) groups excluding carboxylic acids is 1.